The van der Waals surface area contributed by atoms with Crippen LogP contribution in [0.2, 0.25) is 0 Å². The summed E-state index contributed by atoms with van der Waals surface area (Å²) in [7, 11) is 0. The van der Waals surface area contributed by atoms with Gasteiger partial charge in [-0.3, -0.25) is 4.89 Å². The molecule has 0 saturated heterocycles. The first-order valence-electron chi connectivity index (χ1n) is 18.0. The normalized spacial score (nSPS) is 46.0. The molecule has 0 radical (unpaired) electrons. The zero-order valence-corrected chi connectivity index (χ0v) is 29.7. The van der Waals surface area contributed by atoms with Crippen molar-refractivity contribution in [3.8, 4) is 6.26 Å². The molecule has 4 aliphatic carbocycles. The van der Waals surface area contributed by atoms with E-state index in [-0.39, 0.29) is 53.9 Å². The fourth-order valence-electron chi connectivity index (χ4n) is 10.5. The molecule has 0 bridgehead atoms. The summed E-state index contributed by atoms with van der Waals surface area (Å²) in [6, 6.07) is 0. The topological polar surface area (TPSA) is 99.4 Å². The fourth-order valence-corrected chi connectivity index (χ4v) is 10.5. The first-order chi connectivity index (χ1) is 21.3. The molecule has 0 aliphatic heterocycles. The maximum absolute atomic E-state index is 10.6. The largest absolute Gasteiger partial charge is 0.382 e. The lowest BCUT2D eigenvalue weighted by Gasteiger charge is -2.53. The monoisotopic (exact) mass is 630 g/mol. The lowest BCUT2D eigenvalue weighted by molar-refractivity contribution is -0.306. The van der Waals surface area contributed by atoms with Gasteiger partial charge in [-0.05, 0) is 116 Å². The zero-order chi connectivity index (χ0) is 33.1. The molecule has 256 valence electrons. The number of carbonyl (C=O) groups excluding carboxylic acids is 1. The Kier molecular flexibility index (Phi) is 12.5. The Morgan fingerprint density at radius 2 is 0.933 bits per heavy atom. The smallest absolute Gasteiger partial charge is 0.324 e. The number of nitriles is 1. The molecule has 4 rings (SSSR count). The minimum Gasteiger partial charge on any atom is -0.382 e. The van der Waals surface area contributed by atoms with Crippen LogP contribution in [-0.2, 0) is 28.9 Å². The van der Waals surface area contributed by atoms with Gasteiger partial charge in [0.05, 0.1) is 24.4 Å². The van der Waals surface area contributed by atoms with Gasteiger partial charge in [0.15, 0.2) is 0 Å². The van der Waals surface area contributed by atoms with Crippen molar-refractivity contribution >= 4 is 6.08 Å². The van der Waals surface area contributed by atoms with Crippen molar-refractivity contribution in [3.05, 3.63) is 0 Å². The zero-order valence-electron chi connectivity index (χ0n) is 29.7. The summed E-state index contributed by atoms with van der Waals surface area (Å²) in [6.07, 6.45) is 12.7. The molecule has 8 heteroatoms. The van der Waals surface area contributed by atoms with Gasteiger partial charge < -0.3 is 14.3 Å². The van der Waals surface area contributed by atoms with Gasteiger partial charge in [0, 0.05) is 5.16 Å². The number of hydrogen-bond donors (Lipinski definition) is 0. The average Bonchev–Trinajstić information content (AvgIpc) is 2.96. The van der Waals surface area contributed by atoms with Crippen LogP contribution in [0.3, 0.4) is 0 Å². The minimum atomic E-state index is -0.0626. The van der Waals surface area contributed by atoms with Gasteiger partial charge in [0.2, 0.25) is 0 Å². The predicted octanol–water partition coefficient (Wildman–Crippen LogP) is 8.45. The van der Waals surface area contributed by atoms with E-state index in [1.54, 1.807) is 6.26 Å². The van der Waals surface area contributed by atoms with Gasteiger partial charge >= 0.3 is 6.26 Å². The number of hydrogen-bond acceptors (Lipinski definition) is 8. The van der Waals surface area contributed by atoms with Crippen LogP contribution in [0.1, 0.15) is 121 Å². The maximum Gasteiger partial charge on any atom is 0.324 e. The molecule has 0 N–H and O–H groups in total. The third-order valence-corrected chi connectivity index (χ3v) is 12.9. The fraction of sp³-hybridized carbons (Fsp3) is 0.946. The first kappa shape index (κ1) is 36.2. The molecular formula is C37H62N2O6. The molecule has 4 saturated carbocycles. The summed E-state index contributed by atoms with van der Waals surface area (Å²) in [5.41, 5.74) is 0.262. The Morgan fingerprint density at radius 1 is 0.578 bits per heavy atom. The van der Waals surface area contributed by atoms with Crippen LogP contribution < -0.4 is 0 Å². The van der Waals surface area contributed by atoms with E-state index in [9.17, 15) is 4.79 Å². The molecule has 8 nitrogen and oxygen atoms in total. The summed E-state index contributed by atoms with van der Waals surface area (Å²) < 4.78 is 13.8. The summed E-state index contributed by atoms with van der Waals surface area (Å²) in [4.78, 5) is 26.1. The Morgan fingerprint density at radius 3 is 1.29 bits per heavy atom. The molecule has 45 heavy (non-hydrogen) atoms. The van der Waals surface area contributed by atoms with Crippen LogP contribution in [0, 0.1) is 76.1 Å². The van der Waals surface area contributed by atoms with Crippen molar-refractivity contribution in [1.29, 1.82) is 5.26 Å². The molecule has 0 aromatic heterocycles. The lowest BCUT2D eigenvalue weighted by Crippen LogP contribution is -2.49. The highest BCUT2D eigenvalue weighted by Crippen LogP contribution is 2.53. The maximum atomic E-state index is 10.6. The van der Waals surface area contributed by atoms with Crippen molar-refractivity contribution in [2.24, 2.45) is 69.7 Å². The molecular weight excluding hydrogens is 568 g/mol. The molecule has 8 unspecified atom stereocenters. The SMILES string of the molecule is CC1CC(OC2C(C)CC(C(C)(C)C3CC(C)C(OC4CC(C)C(OOC#N)C(C)C4)C(C)C3)CC2C)CC(C)C1ON=C=O. The Hall–Kier alpha value is -1.65. The molecule has 0 aromatic carbocycles. The van der Waals surface area contributed by atoms with Gasteiger partial charge in [-0.1, -0.05) is 69.2 Å². The van der Waals surface area contributed by atoms with Crippen LogP contribution in [0.15, 0.2) is 5.16 Å². The van der Waals surface area contributed by atoms with Crippen molar-refractivity contribution < 1.29 is 28.9 Å². The molecule has 0 heterocycles. The number of nitrogens with zero attached hydrogens (tertiary/aromatic N) is 2. The van der Waals surface area contributed by atoms with Crippen LogP contribution in [0.4, 0.5) is 0 Å². The number of rotatable bonds is 10. The molecule has 4 aliphatic rings. The third kappa shape index (κ3) is 8.45. The van der Waals surface area contributed by atoms with Crippen molar-refractivity contribution in [1.82, 2.24) is 0 Å². The highest BCUT2D eigenvalue weighted by atomic mass is 17.2. The summed E-state index contributed by atoms with van der Waals surface area (Å²) in [5.74, 6) is 4.61. The van der Waals surface area contributed by atoms with Crippen molar-refractivity contribution in [2.45, 2.75) is 157 Å². The van der Waals surface area contributed by atoms with Gasteiger partial charge in [-0.25, -0.2) is 4.79 Å². The van der Waals surface area contributed by atoms with E-state index >= 15 is 0 Å². The second-order valence-corrected chi connectivity index (χ2v) is 16.9. The van der Waals surface area contributed by atoms with Crippen molar-refractivity contribution in [3.63, 3.8) is 0 Å². The van der Waals surface area contributed by atoms with Crippen molar-refractivity contribution in [2.75, 3.05) is 0 Å². The Bertz CT molecular complexity index is 992. The molecule has 8 atom stereocenters. The Labute approximate surface area is 273 Å². The summed E-state index contributed by atoms with van der Waals surface area (Å²) >= 11 is 0. The van der Waals surface area contributed by atoms with E-state index in [0.717, 1.165) is 25.7 Å². The summed E-state index contributed by atoms with van der Waals surface area (Å²) in [5, 5.41) is 12.2. The van der Waals surface area contributed by atoms with E-state index in [0.29, 0.717) is 47.3 Å². The first-order valence-corrected chi connectivity index (χ1v) is 18.0. The standard InChI is InChI=1S/C37H62N2O6/c1-21-11-29(12-22(2)33(21)42-31-15-25(5)35(26(6)16-31)44-39-20-40)37(9,10)30-13-23(3)34(24(4)14-30)43-32-17-27(7)36(28(8)18-32)45-41-19-38/h21-36H,11-18H2,1-10H3. The molecule has 4 fully saturated rings. The van der Waals surface area contributed by atoms with Gasteiger partial charge in [0.1, 0.15) is 12.2 Å². The minimum absolute atomic E-state index is 0.0463. The highest BCUT2D eigenvalue weighted by molar-refractivity contribution is 5.31. The van der Waals surface area contributed by atoms with E-state index in [2.05, 4.69) is 79.3 Å². The van der Waals surface area contributed by atoms with Crippen LogP contribution in [0.5, 0.6) is 0 Å². The van der Waals surface area contributed by atoms with Crippen LogP contribution in [-0.4, -0.2) is 42.7 Å². The summed E-state index contributed by atoms with van der Waals surface area (Å²) in [6.45, 7) is 23.5. The van der Waals surface area contributed by atoms with E-state index in [1.165, 1.54) is 31.8 Å². The lowest BCUT2D eigenvalue weighted by atomic mass is 9.55. The second-order valence-electron chi connectivity index (χ2n) is 16.9. The number of isocyanates is 1. The van der Waals surface area contributed by atoms with E-state index in [1.807, 2.05) is 0 Å². The quantitative estimate of drug-likeness (QED) is 0.0785. The van der Waals surface area contributed by atoms with Crippen LogP contribution in [0.25, 0.3) is 0 Å². The predicted molar refractivity (Wildman–Crippen MR) is 173 cm³/mol. The number of ether oxygens (including phenoxy) is 2. The Balaban J connectivity index is 1.31. The van der Waals surface area contributed by atoms with E-state index < -0.39 is 0 Å². The molecule has 0 amide bonds. The molecule has 0 aromatic rings. The van der Waals surface area contributed by atoms with Crippen LogP contribution >= 0.6 is 0 Å². The van der Waals surface area contributed by atoms with Gasteiger partial charge in [0.25, 0.3) is 6.08 Å². The van der Waals surface area contributed by atoms with Gasteiger partial charge in [-0.15, -0.1) is 5.26 Å². The highest BCUT2D eigenvalue weighted by Gasteiger charge is 2.49. The second kappa shape index (κ2) is 15.5. The van der Waals surface area contributed by atoms with E-state index in [4.69, 9.17) is 24.5 Å². The van der Waals surface area contributed by atoms with Gasteiger partial charge in [-0.2, -0.15) is 4.89 Å². The third-order valence-electron chi connectivity index (χ3n) is 12.9. The molecule has 0 spiro atoms. The average molecular weight is 631 g/mol.